The Kier molecular flexibility index (Phi) is 8.47. The van der Waals surface area contributed by atoms with Gasteiger partial charge in [-0.15, -0.1) is 11.6 Å². The number of halogens is 1. The molecule has 0 aromatic rings. The lowest BCUT2D eigenvalue weighted by molar-refractivity contribution is 0.144. The van der Waals surface area contributed by atoms with Crippen LogP contribution in [0.25, 0.3) is 0 Å². The van der Waals surface area contributed by atoms with E-state index in [4.69, 9.17) is 16.3 Å². The van der Waals surface area contributed by atoms with Crippen molar-refractivity contribution >= 4 is 11.6 Å². The highest BCUT2D eigenvalue weighted by Gasteiger charge is 1.96. The van der Waals surface area contributed by atoms with Crippen molar-refractivity contribution in [3.8, 4) is 0 Å². The standard InChI is InChI=1S/C8H18ClNO/c1-3-11-6-4-5-10-8(2)7-9/h8,10H,3-7H2,1-2H3. The lowest BCUT2D eigenvalue weighted by Gasteiger charge is -2.09. The molecule has 0 aliphatic carbocycles. The van der Waals surface area contributed by atoms with Crippen LogP contribution in [0.4, 0.5) is 0 Å². The van der Waals surface area contributed by atoms with Crippen LogP contribution < -0.4 is 5.32 Å². The van der Waals surface area contributed by atoms with Crippen LogP contribution in [0, 0.1) is 0 Å². The second-order valence-corrected chi connectivity index (χ2v) is 2.87. The molecule has 1 atom stereocenters. The molecule has 2 nitrogen and oxygen atoms in total. The summed E-state index contributed by atoms with van der Waals surface area (Å²) in [7, 11) is 0. The van der Waals surface area contributed by atoms with Crippen molar-refractivity contribution in [1.29, 1.82) is 0 Å². The lowest BCUT2D eigenvalue weighted by atomic mass is 10.3. The molecule has 0 aliphatic heterocycles. The number of ether oxygens (including phenoxy) is 1. The van der Waals surface area contributed by atoms with Crippen molar-refractivity contribution < 1.29 is 4.74 Å². The highest BCUT2D eigenvalue weighted by Crippen LogP contribution is 1.86. The largest absolute Gasteiger partial charge is 0.382 e. The third-order valence-corrected chi connectivity index (χ3v) is 1.86. The van der Waals surface area contributed by atoms with Crippen LogP contribution in [0.3, 0.4) is 0 Å². The van der Waals surface area contributed by atoms with Crippen molar-refractivity contribution in [3.63, 3.8) is 0 Å². The van der Waals surface area contributed by atoms with E-state index < -0.39 is 0 Å². The molecule has 0 fully saturated rings. The Morgan fingerprint density at radius 1 is 1.55 bits per heavy atom. The second kappa shape index (κ2) is 8.31. The first-order valence-electron chi connectivity index (χ1n) is 4.18. The SMILES string of the molecule is CCOCCCNC(C)CCl. The van der Waals surface area contributed by atoms with Crippen molar-refractivity contribution in [2.75, 3.05) is 25.6 Å². The molecule has 0 bridgehead atoms. The topological polar surface area (TPSA) is 21.3 Å². The quantitative estimate of drug-likeness (QED) is 0.474. The summed E-state index contributed by atoms with van der Waals surface area (Å²) in [5.74, 6) is 0.675. The summed E-state index contributed by atoms with van der Waals surface area (Å²) in [6.07, 6.45) is 1.06. The molecule has 0 heterocycles. The van der Waals surface area contributed by atoms with Crippen molar-refractivity contribution in [1.82, 2.24) is 5.32 Å². The maximum Gasteiger partial charge on any atom is 0.0477 e. The van der Waals surface area contributed by atoms with E-state index in [1.54, 1.807) is 0 Å². The van der Waals surface area contributed by atoms with Gasteiger partial charge in [-0.1, -0.05) is 0 Å². The summed E-state index contributed by atoms with van der Waals surface area (Å²) in [5.41, 5.74) is 0. The average Bonchev–Trinajstić information content (AvgIpc) is 2.04. The van der Waals surface area contributed by atoms with E-state index in [1.807, 2.05) is 6.92 Å². The summed E-state index contributed by atoms with van der Waals surface area (Å²) >= 11 is 5.60. The molecule has 1 N–H and O–H groups in total. The number of hydrogen-bond donors (Lipinski definition) is 1. The van der Waals surface area contributed by atoms with Gasteiger partial charge in [-0.25, -0.2) is 0 Å². The number of nitrogens with one attached hydrogen (secondary N) is 1. The smallest absolute Gasteiger partial charge is 0.0477 e. The molecule has 0 aliphatic rings. The number of hydrogen-bond acceptors (Lipinski definition) is 2. The molecule has 1 unspecified atom stereocenters. The van der Waals surface area contributed by atoms with Crippen LogP contribution >= 0.6 is 11.6 Å². The van der Waals surface area contributed by atoms with E-state index in [2.05, 4.69) is 12.2 Å². The van der Waals surface area contributed by atoms with E-state index in [0.717, 1.165) is 26.2 Å². The first-order valence-corrected chi connectivity index (χ1v) is 4.71. The van der Waals surface area contributed by atoms with Crippen LogP contribution in [0.2, 0.25) is 0 Å². The Morgan fingerprint density at radius 3 is 2.82 bits per heavy atom. The maximum atomic E-state index is 5.60. The number of alkyl halides is 1. The molecule has 68 valence electrons. The Morgan fingerprint density at radius 2 is 2.27 bits per heavy atom. The molecule has 0 aromatic heterocycles. The second-order valence-electron chi connectivity index (χ2n) is 2.56. The molecule has 0 amide bonds. The fourth-order valence-corrected chi connectivity index (χ4v) is 0.831. The van der Waals surface area contributed by atoms with Gasteiger partial charge in [0.05, 0.1) is 0 Å². The van der Waals surface area contributed by atoms with Crippen molar-refractivity contribution in [2.24, 2.45) is 0 Å². The minimum absolute atomic E-state index is 0.415. The molecule has 0 saturated heterocycles. The van der Waals surface area contributed by atoms with Gasteiger partial charge < -0.3 is 10.1 Å². The summed E-state index contributed by atoms with van der Waals surface area (Å²) in [4.78, 5) is 0. The summed E-state index contributed by atoms with van der Waals surface area (Å²) < 4.78 is 5.18. The lowest BCUT2D eigenvalue weighted by Crippen LogP contribution is -2.28. The van der Waals surface area contributed by atoms with Gasteiger partial charge in [-0.2, -0.15) is 0 Å². The zero-order chi connectivity index (χ0) is 8.53. The van der Waals surface area contributed by atoms with Crippen LogP contribution in [0.1, 0.15) is 20.3 Å². The van der Waals surface area contributed by atoms with Crippen molar-refractivity contribution in [2.45, 2.75) is 26.3 Å². The zero-order valence-corrected chi connectivity index (χ0v) is 8.16. The van der Waals surface area contributed by atoms with Crippen LogP contribution in [-0.4, -0.2) is 31.7 Å². The van der Waals surface area contributed by atoms with Gasteiger partial charge >= 0.3 is 0 Å². The molecular weight excluding hydrogens is 162 g/mol. The van der Waals surface area contributed by atoms with Crippen LogP contribution in [-0.2, 0) is 4.74 Å². The third kappa shape index (κ3) is 8.11. The highest BCUT2D eigenvalue weighted by atomic mass is 35.5. The number of rotatable bonds is 7. The monoisotopic (exact) mass is 179 g/mol. The Balaban J connectivity index is 2.89. The average molecular weight is 180 g/mol. The van der Waals surface area contributed by atoms with E-state index in [1.165, 1.54) is 0 Å². The van der Waals surface area contributed by atoms with Gasteiger partial charge in [-0.05, 0) is 26.8 Å². The minimum Gasteiger partial charge on any atom is -0.382 e. The molecule has 0 aromatic carbocycles. The van der Waals surface area contributed by atoms with E-state index >= 15 is 0 Å². The van der Waals surface area contributed by atoms with Gasteiger partial charge in [0.25, 0.3) is 0 Å². The molecule has 0 saturated carbocycles. The molecule has 3 heteroatoms. The summed E-state index contributed by atoms with van der Waals surface area (Å²) in [5, 5.41) is 3.28. The van der Waals surface area contributed by atoms with E-state index in [0.29, 0.717) is 11.9 Å². The first kappa shape index (κ1) is 11.2. The van der Waals surface area contributed by atoms with Gasteiger partial charge in [0, 0.05) is 25.1 Å². The van der Waals surface area contributed by atoms with Crippen LogP contribution in [0.5, 0.6) is 0 Å². The normalized spacial score (nSPS) is 13.4. The molecule has 0 rings (SSSR count). The summed E-state index contributed by atoms with van der Waals surface area (Å²) in [6, 6.07) is 0.415. The maximum absolute atomic E-state index is 5.60. The van der Waals surface area contributed by atoms with E-state index in [-0.39, 0.29) is 0 Å². The Labute approximate surface area is 74.3 Å². The predicted octanol–water partition coefficient (Wildman–Crippen LogP) is 1.63. The molecule has 11 heavy (non-hydrogen) atoms. The fourth-order valence-electron chi connectivity index (χ4n) is 0.722. The Bertz CT molecular complexity index is 80.5. The third-order valence-electron chi connectivity index (χ3n) is 1.39. The summed E-state index contributed by atoms with van der Waals surface area (Å²) in [6.45, 7) is 6.74. The highest BCUT2D eigenvalue weighted by molar-refractivity contribution is 6.18. The Hall–Kier alpha value is 0.210. The van der Waals surface area contributed by atoms with Gasteiger partial charge in [0.2, 0.25) is 0 Å². The minimum atomic E-state index is 0.415. The van der Waals surface area contributed by atoms with Gasteiger partial charge in [0.1, 0.15) is 0 Å². The molecule has 0 radical (unpaired) electrons. The van der Waals surface area contributed by atoms with Crippen molar-refractivity contribution in [3.05, 3.63) is 0 Å². The molecule has 0 spiro atoms. The fraction of sp³-hybridized carbons (Fsp3) is 1.00. The first-order chi connectivity index (χ1) is 5.31. The zero-order valence-electron chi connectivity index (χ0n) is 7.40. The van der Waals surface area contributed by atoms with Gasteiger partial charge in [0.15, 0.2) is 0 Å². The van der Waals surface area contributed by atoms with Crippen LogP contribution in [0.15, 0.2) is 0 Å². The molecular formula is C8H18ClNO. The van der Waals surface area contributed by atoms with Gasteiger partial charge in [-0.3, -0.25) is 0 Å². The predicted molar refractivity (Wildman–Crippen MR) is 49.3 cm³/mol. The van der Waals surface area contributed by atoms with E-state index in [9.17, 15) is 0 Å².